The SMILES string of the molecule is CC(C)Oc1ccc(-c2noc(C3CC(=O)N(c4cccc(Cl)c4F)C3)n2)cc1. The number of nitrogens with zero attached hydrogens (tertiary/aromatic N) is 3. The van der Waals surface area contributed by atoms with Gasteiger partial charge in [0, 0.05) is 18.5 Å². The van der Waals surface area contributed by atoms with Crippen LogP contribution in [0.2, 0.25) is 5.02 Å². The van der Waals surface area contributed by atoms with E-state index in [1.54, 1.807) is 6.07 Å². The fraction of sp³-hybridized carbons (Fsp3) is 0.286. The van der Waals surface area contributed by atoms with Gasteiger partial charge in [-0.1, -0.05) is 22.8 Å². The van der Waals surface area contributed by atoms with Crippen molar-refractivity contribution >= 4 is 23.2 Å². The van der Waals surface area contributed by atoms with Crippen molar-refractivity contribution < 1.29 is 18.4 Å². The molecule has 0 saturated carbocycles. The molecule has 0 radical (unpaired) electrons. The highest BCUT2D eigenvalue weighted by molar-refractivity contribution is 6.31. The highest BCUT2D eigenvalue weighted by Crippen LogP contribution is 2.35. The molecule has 1 aliphatic heterocycles. The van der Waals surface area contributed by atoms with Gasteiger partial charge in [-0.05, 0) is 50.2 Å². The Bertz CT molecular complexity index is 1040. The number of aromatic nitrogens is 2. The van der Waals surface area contributed by atoms with Gasteiger partial charge < -0.3 is 14.2 Å². The molecule has 1 amide bonds. The Balaban J connectivity index is 1.51. The van der Waals surface area contributed by atoms with E-state index < -0.39 is 5.82 Å². The van der Waals surface area contributed by atoms with Crippen LogP contribution in [-0.4, -0.2) is 28.7 Å². The van der Waals surface area contributed by atoms with Crippen LogP contribution in [0.15, 0.2) is 47.0 Å². The molecule has 1 saturated heterocycles. The average Bonchev–Trinajstić information content (AvgIpc) is 3.31. The Morgan fingerprint density at radius 1 is 1.24 bits per heavy atom. The first kappa shape index (κ1) is 19.4. The summed E-state index contributed by atoms with van der Waals surface area (Å²) in [5.41, 5.74) is 0.934. The topological polar surface area (TPSA) is 68.5 Å². The lowest BCUT2D eigenvalue weighted by molar-refractivity contribution is -0.117. The maximum Gasteiger partial charge on any atom is 0.232 e. The largest absolute Gasteiger partial charge is 0.491 e. The molecule has 6 nitrogen and oxygen atoms in total. The molecule has 1 unspecified atom stereocenters. The predicted molar refractivity (Wildman–Crippen MR) is 107 cm³/mol. The maximum absolute atomic E-state index is 14.3. The minimum absolute atomic E-state index is 0.0243. The molecular formula is C21H19ClFN3O3. The van der Waals surface area contributed by atoms with Crippen LogP contribution in [0.5, 0.6) is 5.75 Å². The standard InChI is InChI=1S/C21H19ClFN3O3/c1-12(2)28-15-8-6-13(7-9-15)20-24-21(29-25-20)14-10-18(27)26(11-14)17-5-3-4-16(22)19(17)23/h3-9,12,14H,10-11H2,1-2H3. The second kappa shape index (κ2) is 7.83. The number of ether oxygens (including phenoxy) is 1. The maximum atomic E-state index is 14.3. The summed E-state index contributed by atoms with van der Waals surface area (Å²) in [6.45, 7) is 4.17. The van der Waals surface area contributed by atoms with E-state index in [4.69, 9.17) is 20.9 Å². The van der Waals surface area contributed by atoms with Gasteiger partial charge >= 0.3 is 0 Å². The molecule has 3 aromatic rings. The third-order valence-corrected chi connectivity index (χ3v) is 4.91. The Labute approximate surface area is 172 Å². The van der Waals surface area contributed by atoms with Crippen molar-refractivity contribution in [3.63, 3.8) is 0 Å². The van der Waals surface area contributed by atoms with Gasteiger partial charge in [0.1, 0.15) is 5.75 Å². The van der Waals surface area contributed by atoms with E-state index in [-0.39, 0.29) is 41.6 Å². The number of benzene rings is 2. The molecule has 1 aliphatic rings. The third-order valence-electron chi connectivity index (χ3n) is 4.62. The summed E-state index contributed by atoms with van der Waals surface area (Å²) in [7, 11) is 0. The molecular weight excluding hydrogens is 397 g/mol. The average molecular weight is 416 g/mol. The third kappa shape index (κ3) is 3.96. The lowest BCUT2D eigenvalue weighted by Gasteiger charge is -2.17. The van der Waals surface area contributed by atoms with Gasteiger partial charge in [-0.3, -0.25) is 4.79 Å². The predicted octanol–water partition coefficient (Wildman–Crippen LogP) is 4.84. The van der Waals surface area contributed by atoms with Gasteiger partial charge in [0.05, 0.1) is 22.7 Å². The van der Waals surface area contributed by atoms with Crippen molar-refractivity contribution in [2.45, 2.75) is 32.3 Å². The number of rotatable bonds is 5. The van der Waals surface area contributed by atoms with Crippen LogP contribution in [0.25, 0.3) is 11.4 Å². The number of amides is 1. The van der Waals surface area contributed by atoms with Gasteiger partial charge in [-0.25, -0.2) is 4.39 Å². The van der Waals surface area contributed by atoms with Gasteiger partial charge in [-0.2, -0.15) is 4.98 Å². The molecule has 2 heterocycles. The van der Waals surface area contributed by atoms with Crippen molar-refractivity contribution in [2.24, 2.45) is 0 Å². The van der Waals surface area contributed by atoms with Gasteiger partial charge in [0.2, 0.25) is 17.6 Å². The first-order chi connectivity index (χ1) is 13.9. The molecule has 1 aromatic heterocycles. The number of hydrogen-bond acceptors (Lipinski definition) is 5. The quantitative estimate of drug-likeness (QED) is 0.596. The normalized spacial score (nSPS) is 16.7. The molecule has 150 valence electrons. The van der Waals surface area contributed by atoms with E-state index in [0.717, 1.165) is 11.3 Å². The summed E-state index contributed by atoms with van der Waals surface area (Å²) in [5, 5.41) is 4.00. The fourth-order valence-corrected chi connectivity index (χ4v) is 3.45. The van der Waals surface area contributed by atoms with Crippen LogP contribution in [0.1, 0.15) is 32.1 Å². The van der Waals surface area contributed by atoms with E-state index in [1.165, 1.54) is 17.0 Å². The van der Waals surface area contributed by atoms with Crippen LogP contribution >= 0.6 is 11.6 Å². The van der Waals surface area contributed by atoms with E-state index in [2.05, 4.69) is 10.1 Å². The zero-order chi connectivity index (χ0) is 20.5. The van der Waals surface area contributed by atoms with Crippen molar-refractivity contribution in [3.8, 4) is 17.1 Å². The van der Waals surface area contributed by atoms with Crippen molar-refractivity contribution in [2.75, 3.05) is 11.4 Å². The molecule has 0 bridgehead atoms. The minimum Gasteiger partial charge on any atom is -0.491 e. The van der Waals surface area contributed by atoms with Gasteiger partial charge in [-0.15, -0.1) is 0 Å². The lowest BCUT2D eigenvalue weighted by atomic mass is 10.1. The van der Waals surface area contributed by atoms with Crippen molar-refractivity contribution in [1.29, 1.82) is 0 Å². The molecule has 0 N–H and O–H groups in total. The van der Waals surface area contributed by atoms with E-state index >= 15 is 0 Å². The summed E-state index contributed by atoms with van der Waals surface area (Å²) in [6, 6.07) is 12.0. The Kier molecular flexibility index (Phi) is 5.24. The second-order valence-corrected chi connectivity index (χ2v) is 7.53. The van der Waals surface area contributed by atoms with Crippen LogP contribution < -0.4 is 9.64 Å². The molecule has 29 heavy (non-hydrogen) atoms. The second-order valence-electron chi connectivity index (χ2n) is 7.13. The Hall–Kier alpha value is -2.93. The number of hydrogen-bond donors (Lipinski definition) is 0. The molecule has 1 fully saturated rings. The van der Waals surface area contributed by atoms with Crippen LogP contribution in [-0.2, 0) is 4.79 Å². The van der Waals surface area contributed by atoms with E-state index in [0.29, 0.717) is 11.7 Å². The summed E-state index contributed by atoms with van der Waals surface area (Å²) in [4.78, 5) is 18.2. The van der Waals surface area contributed by atoms with Crippen LogP contribution in [0.3, 0.4) is 0 Å². The number of anilines is 1. The molecule has 1 atom stereocenters. The smallest absolute Gasteiger partial charge is 0.232 e. The zero-order valence-corrected chi connectivity index (χ0v) is 16.7. The number of halogens is 2. The minimum atomic E-state index is -0.613. The molecule has 2 aromatic carbocycles. The molecule has 4 rings (SSSR count). The molecule has 0 aliphatic carbocycles. The Morgan fingerprint density at radius 3 is 2.72 bits per heavy atom. The zero-order valence-electron chi connectivity index (χ0n) is 15.9. The summed E-state index contributed by atoms with van der Waals surface area (Å²) in [5.74, 6) is 0.389. The first-order valence-electron chi connectivity index (χ1n) is 9.27. The lowest BCUT2D eigenvalue weighted by Crippen LogP contribution is -2.25. The highest BCUT2D eigenvalue weighted by Gasteiger charge is 2.36. The monoisotopic (exact) mass is 415 g/mol. The van der Waals surface area contributed by atoms with E-state index in [1.807, 2.05) is 38.1 Å². The number of carbonyl (C=O) groups excluding carboxylic acids is 1. The van der Waals surface area contributed by atoms with Gasteiger partial charge in [0.25, 0.3) is 0 Å². The first-order valence-corrected chi connectivity index (χ1v) is 9.65. The van der Waals surface area contributed by atoms with Gasteiger partial charge in [0.15, 0.2) is 5.82 Å². The van der Waals surface area contributed by atoms with Crippen molar-refractivity contribution in [3.05, 3.63) is 59.2 Å². The van der Waals surface area contributed by atoms with Crippen molar-refractivity contribution in [1.82, 2.24) is 10.1 Å². The van der Waals surface area contributed by atoms with Crippen LogP contribution in [0, 0.1) is 5.82 Å². The number of carbonyl (C=O) groups is 1. The highest BCUT2D eigenvalue weighted by atomic mass is 35.5. The summed E-state index contributed by atoms with van der Waals surface area (Å²) < 4.78 is 25.3. The summed E-state index contributed by atoms with van der Waals surface area (Å²) in [6.07, 6.45) is 0.249. The van der Waals surface area contributed by atoms with Crippen LogP contribution in [0.4, 0.5) is 10.1 Å². The van der Waals surface area contributed by atoms with E-state index in [9.17, 15) is 9.18 Å². The summed E-state index contributed by atoms with van der Waals surface area (Å²) >= 11 is 5.84. The molecule has 0 spiro atoms. The Morgan fingerprint density at radius 2 is 2.00 bits per heavy atom. The molecule has 8 heteroatoms. The fourth-order valence-electron chi connectivity index (χ4n) is 3.28.